The van der Waals surface area contributed by atoms with E-state index in [0.29, 0.717) is 0 Å². The van der Waals surface area contributed by atoms with E-state index in [1.54, 1.807) is 6.92 Å². The fraction of sp³-hybridized carbons (Fsp3) is 0.364. The smallest absolute Gasteiger partial charge is 0.294 e. The summed E-state index contributed by atoms with van der Waals surface area (Å²) in [5, 5.41) is 0. The van der Waals surface area contributed by atoms with Gasteiger partial charge in [-0.1, -0.05) is 19.1 Å². The number of halogens is 3. The number of benzene rings is 1. The van der Waals surface area contributed by atoms with Crippen molar-refractivity contribution in [2.75, 3.05) is 6.54 Å². The number of carbonyl (C=O) groups excluding carboxylic acids is 1. The van der Waals surface area contributed by atoms with Gasteiger partial charge >= 0.3 is 6.18 Å². The number of ketones is 1. The van der Waals surface area contributed by atoms with Crippen molar-refractivity contribution in [2.45, 2.75) is 24.4 Å². The molecular formula is C11H12F3NO3S. The lowest BCUT2D eigenvalue weighted by atomic mass is 10.1. The zero-order chi connectivity index (χ0) is 14.7. The van der Waals surface area contributed by atoms with Gasteiger partial charge in [0.1, 0.15) is 6.54 Å². The molecule has 1 rings (SSSR count). The van der Waals surface area contributed by atoms with Gasteiger partial charge in [-0.15, -0.1) is 0 Å². The topological polar surface area (TPSA) is 63.2 Å². The van der Waals surface area contributed by atoms with Gasteiger partial charge in [0.05, 0.1) is 4.90 Å². The van der Waals surface area contributed by atoms with Gasteiger partial charge in [-0.05, 0) is 12.1 Å². The molecule has 0 aliphatic heterocycles. The van der Waals surface area contributed by atoms with E-state index in [2.05, 4.69) is 0 Å². The van der Waals surface area contributed by atoms with Gasteiger partial charge in [0.25, 0.3) is 0 Å². The molecule has 0 fully saturated rings. The predicted molar refractivity (Wildman–Crippen MR) is 62.3 cm³/mol. The Morgan fingerprint density at radius 1 is 1.32 bits per heavy atom. The van der Waals surface area contributed by atoms with Gasteiger partial charge in [-0.2, -0.15) is 13.2 Å². The maximum atomic E-state index is 12.0. The molecule has 1 N–H and O–H groups in total. The van der Waals surface area contributed by atoms with Crippen LogP contribution in [0.15, 0.2) is 29.2 Å². The Kier molecular flexibility index (Phi) is 4.70. The minimum Gasteiger partial charge on any atom is -0.294 e. The molecular weight excluding hydrogens is 283 g/mol. The molecule has 0 atom stereocenters. The standard InChI is InChI=1S/C11H12F3NO3S/c1-2-10(16)8-4-3-5-9(6-8)19(17,18)15-7-11(12,13)14/h3-6,15H,2,7H2,1H3. The minimum atomic E-state index is -4.64. The van der Waals surface area contributed by atoms with Crippen LogP contribution in [0, 0.1) is 0 Å². The first-order valence-electron chi connectivity index (χ1n) is 5.35. The first-order valence-corrected chi connectivity index (χ1v) is 6.83. The summed E-state index contributed by atoms with van der Waals surface area (Å²) in [7, 11) is -4.28. The van der Waals surface area contributed by atoms with Crippen molar-refractivity contribution in [3.05, 3.63) is 29.8 Å². The van der Waals surface area contributed by atoms with E-state index in [0.717, 1.165) is 12.1 Å². The number of hydrogen-bond donors (Lipinski definition) is 1. The van der Waals surface area contributed by atoms with E-state index in [1.807, 2.05) is 0 Å². The van der Waals surface area contributed by atoms with Gasteiger partial charge in [0.15, 0.2) is 5.78 Å². The molecule has 0 spiro atoms. The average molecular weight is 295 g/mol. The highest BCUT2D eigenvalue weighted by atomic mass is 32.2. The van der Waals surface area contributed by atoms with Crippen molar-refractivity contribution in [1.82, 2.24) is 4.72 Å². The van der Waals surface area contributed by atoms with Gasteiger partial charge in [0, 0.05) is 12.0 Å². The van der Waals surface area contributed by atoms with E-state index in [-0.39, 0.29) is 22.7 Å². The summed E-state index contributed by atoms with van der Waals surface area (Å²) in [6.45, 7) is -0.0489. The number of sulfonamides is 1. The van der Waals surface area contributed by atoms with Crippen LogP contribution in [0.25, 0.3) is 0 Å². The second-order valence-electron chi connectivity index (χ2n) is 3.74. The van der Waals surface area contributed by atoms with E-state index >= 15 is 0 Å². The van der Waals surface area contributed by atoms with Crippen molar-refractivity contribution >= 4 is 15.8 Å². The number of carbonyl (C=O) groups is 1. The molecule has 0 heterocycles. The molecule has 1 aromatic rings. The van der Waals surface area contributed by atoms with Crippen LogP contribution in [-0.2, 0) is 10.0 Å². The molecule has 0 unspecified atom stereocenters. The number of Topliss-reactive ketones (excluding diaryl/α,β-unsaturated/α-hetero) is 1. The van der Waals surface area contributed by atoms with Crippen LogP contribution in [0.2, 0.25) is 0 Å². The highest BCUT2D eigenvalue weighted by Crippen LogP contribution is 2.16. The molecule has 0 radical (unpaired) electrons. The second kappa shape index (κ2) is 5.70. The number of nitrogens with one attached hydrogen (secondary N) is 1. The molecule has 0 aliphatic rings. The van der Waals surface area contributed by atoms with Crippen LogP contribution in [0.3, 0.4) is 0 Å². The maximum absolute atomic E-state index is 12.0. The van der Waals surface area contributed by atoms with Crippen LogP contribution in [0.1, 0.15) is 23.7 Å². The molecule has 0 bridgehead atoms. The molecule has 0 saturated carbocycles. The van der Waals surface area contributed by atoms with E-state index < -0.39 is 22.7 Å². The normalized spacial score (nSPS) is 12.4. The molecule has 0 amide bonds. The molecule has 106 valence electrons. The fourth-order valence-electron chi connectivity index (χ4n) is 1.30. The van der Waals surface area contributed by atoms with Crippen LogP contribution < -0.4 is 4.72 Å². The summed E-state index contributed by atoms with van der Waals surface area (Å²) in [6, 6.07) is 4.91. The lowest BCUT2D eigenvalue weighted by Crippen LogP contribution is -2.33. The van der Waals surface area contributed by atoms with Crippen molar-refractivity contribution in [3.63, 3.8) is 0 Å². The zero-order valence-corrected chi connectivity index (χ0v) is 10.8. The highest BCUT2D eigenvalue weighted by molar-refractivity contribution is 7.89. The quantitative estimate of drug-likeness (QED) is 0.846. The Balaban J connectivity index is 2.99. The van der Waals surface area contributed by atoms with E-state index in [4.69, 9.17) is 0 Å². The van der Waals surface area contributed by atoms with Crippen molar-refractivity contribution in [2.24, 2.45) is 0 Å². The lowest BCUT2D eigenvalue weighted by Gasteiger charge is -2.10. The monoisotopic (exact) mass is 295 g/mol. The van der Waals surface area contributed by atoms with Crippen LogP contribution in [0.5, 0.6) is 0 Å². The number of alkyl halides is 3. The third-order valence-electron chi connectivity index (χ3n) is 2.25. The van der Waals surface area contributed by atoms with E-state index in [9.17, 15) is 26.4 Å². The van der Waals surface area contributed by atoms with Gasteiger partial charge in [0.2, 0.25) is 10.0 Å². The first-order chi connectivity index (χ1) is 8.65. The summed E-state index contributed by atoms with van der Waals surface area (Å²) in [4.78, 5) is 11.0. The largest absolute Gasteiger partial charge is 0.402 e. The van der Waals surface area contributed by atoms with Crippen molar-refractivity contribution < 1.29 is 26.4 Å². The Morgan fingerprint density at radius 3 is 2.47 bits per heavy atom. The Hall–Kier alpha value is -1.41. The fourth-order valence-corrected chi connectivity index (χ4v) is 2.36. The molecule has 19 heavy (non-hydrogen) atoms. The Bertz CT molecular complexity index is 567. The van der Waals surface area contributed by atoms with Gasteiger partial charge < -0.3 is 0 Å². The SMILES string of the molecule is CCC(=O)c1cccc(S(=O)(=O)NCC(F)(F)F)c1. The molecule has 0 aromatic heterocycles. The molecule has 8 heteroatoms. The second-order valence-corrected chi connectivity index (χ2v) is 5.51. The van der Waals surface area contributed by atoms with Crippen LogP contribution >= 0.6 is 0 Å². The van der Waals surface area contributed by atoms with Crippen molar-refractivity contribution in [3.8, 4) is 0 Å². The third kappa shape index (κ3) is 4.64. The van der Waals surface area contributed by atoms with Gasteiger partial charge in [-0.25, -0.2) is 13.1 Å². The zero-order valence-electron chi connectivity index (χ0n) is 9.99. The van der Waals surface area contributed by atoms with Crippen molar-refractivity contribution in [1.29, 1.82) is 0 Å². The number of hydrogen-bond acceptors (Lipinski definition) is 3. The lowest BCUT2D eigenvalue weighted by molar-refractivity contribution is -0.121. The summed E-state index contributed by atoms with van der Waals surface area (Å²) in [6.07, 6.45) is -4.45. The minimum absolute atomic E-state index is 0.150. The predicted octanol–water partition coefficient (Wildman–Crippen LogP) is 2.12. The summed E-state index contributed by atoms with van der Waals surface area (Å²) >= 11 is 0. The third-order valence-corrected chi connectivity index (χ3v) is 3.65. The molecule has 1 aromatic carbocycles. The van der Waals surface area contributed by atoms with Crippen LogP contribution in [0.4, 0.5) is 13.2 Å². The summed E-state index contributed by atoms with van der Waals surface area (Å²) in [5.74, 6) is -0.284. The Morgan fingerprint density at radius 2 is 1.95 bits per heavy atom. The molecule has 4 nitrogen and oxygen atoms in total. The van der Waals surface area contributed by atoms with E-state index in [1.165, 1.54) is 16.9 Å². The Labute approximate surface area is 108 Å². The summed E-state index contributed by atoms with van der Waals surface area (Å²) in [5.41, 5.74) is 0.150. The maximum Gasteiger partial charge on any atom is 0.402 e. The highest BCUT2D eigenvalue weighted by Gasteiger charge is 2.30. The molecule has 0 saturated heterocycles. The first kappa shape index (κ1) is 15.6. The molecule has 0 aliphatic carbocycles. The average Bonchev–Trinajstić information content (AvgIpc) is 2.35. The van der Waals surface area contributed by atoms with Gasteiger partial charge in [-0.3, -0.25) is 4.79 Å². The van der Waals surface area contributed by atoms with Crippen LogP contribution in [-0.4, -0.2) is 26.9 Å². The summed E-state index contributed by atoms with van der Waals surface area (Å²) < 4.78 is 60.6. The number of rotatable bonds is 5.